The van der Waals surface area contributed by atoms with E-state index in [0.717, 1.165) is 24.2 Å². The van der Waals surface area contributed by atoms with E-state index in [4.69, 9.17) is 4.74 Å². The highest BCUT2D eigenvalue weighted by Gasteiger charge is 2.16. The number of nitrogens with one attached hydrogen (secondary N) is 1. The maximum absolute atomic E-state index is 12.4. The molecular formula is C19H30N2O2. The number of carbonyl (C=O) groups is 1. The van der Waals surface area contributed by atoms with E-state index in [0.29, 0.717) is 19.2 Å². The van der Waals surface area contributed by atoms with E-state index in [-0.39, 0.29) is 6.03 Å². The Bertz CT molecular complexity index is 465. The lowest BCUT2D eigenvalue weighted by molar-refractivity contribution is 0.200. The Morgan fingerprint density at radius 1 is 1.13 bits per heavy atom. The van der Waals surface area contributed by atoms with Gasteiger partial charge in [-0.15, -0.1) is 0 Å². The maximum Gasteiger partial charge on any atom is 0.317 e. The summed E-state index contributed by atoms with van der Waals surface area (Å²) < 4.78 is 5.44. The van der Waals surface area contributed by atoms with Gasteiger partial charge in [-0.05, 0) is 37.5 Å². The van der Waals surface area contributed by atoms with Crippen molar-refractivity contribution in [1.29, 1.82) is 0 Å². The van der Waals surface area contributed by atoms with Crippen LogP contribution in [0.2, 0.25) is 0 Å². The van der Waals surface area contributed by atoms with Gasteiger partial charge in [0.2, 0.25) is 0 Å². The van der Waals surface area contributed by atoms with Crippen LogP contribution in [0.4, 0.5) is 4.79 Å². The molecule has 0 aliphatic heterocycles. The number of rotatable bonds is 5. The highest BCUT2D eigenvalue weighted by Crippen LogP contribution is 2.18. The topological polar surface area (TPSA) is 41.6 Å². The van der Waals surface area contributed by atoms with Crippen LogP contribution in [0.15, 0.2) is 24.3 Å². The average molecular weight is 318 g/mol. The number of nitrogens with zero attached hydrogens (tertiary/aromatic N) is 1. The van der Waals surface area contributed by atoms with E-state index < -0.39 is 0 Å². The fourth-order valence-electron chi connectivity index (χ4n) is 3.09. The summed E-state index contributed by atoms with van der Waals surface area (Å²) in [6.45, 7) is 3.26. The van der Waals surface area contributed by atoms with Gasteiger partial charge in [0.1, 0.15) is 5.75 Å². The van der Waals surface area contributed by atoms with E-state index in [2.05, 4.69) is 5.32 Å². The fraction of sp³-hybridized carbons (Fsp3) is 0.632. The van der Waals surface area contributed by atoms with Gasteiger partial charge in [0.25, 0.3) is 0 Å². The van der Waals surface area contributed by atoms with Crippen LogP contribution in [0.5, 0.6) is 5.75 Å². The molecule has 1 N–H and O–H groups in total. The Hall–Kier alpha value is -1.71. The first kappa shape index (κ1) is 17.6. The van der Waals surface area contributed by atoms with Gasteiger partial charge >= 0.3 is 6.03 Å². The number of carbonyl (C=O) groups excluding carboxylic acids is 1. The second-order valence-electron chi connectivity index (χ2n) is 6.42. The monoisotopic (exact) mass is 318 g/mol. The standard InChI is InChI=1S/C19H30N2O2/c1-3-23-18-13-11-16(12-14-18)15-21(2)19(22)20-17-9-7-5-4-6-8-10-17/h11-14,17H,3-10,15H2,1-2H3,(H,20,22). The molecule has 0 bridgehead atoms. The maximum atomic E-state index is 12.4. The average Bonchev–Trinajstić information content (AvgIpc) is 2.52. The molecule has 128 valence electrons. The predicted molar refractivity (Wildman–Crippen MR) is 93.7 cm³/mol. The van der Waals surface area contributed by atoms with Gasteiger partial charge in [-0.3, -0.25) is 0 Å². The van der Waals surface area contributed by atoms with E-state index in [9.17, 15) is 4.79 Å². The Kier molecular flexibility index (Phi) is 7.24. The zero-order chi connectivity index (χ0) is 16.5. The molecule has 1 saturated carbocycles. The van der Waals surface area contributed by atoms with Crippen LogP contribution in [0.25, 0.3) is 0 Å². The quantitative estimate of drug-likeness (QED) is 0.877. The van der Waals surface area contributed by atoms with E-state index in [1.807, 2.05) is 38.2 Å². The van der Waals surface area contributed by atoms with Gasteiger partial charge in [-0.25, -0.2) is 4.79 Å². The second kappa shape index (κ2) is 9.43. The first-order chi connectivity index (χ1) is 11.2. The van der Waals surface area contributed by atoms with Gasteiger partial charge in [0.05, 0.1) is 6.61 Å². The summed E-state index contributed by atoms with van der Waals surface area (Å²) in [7, 11) is 1.86. The van der Waals surface area contributed by atoms with Crippen LogP contribution in [-0.2, 0) is 6.54 Å². The molecule has 4 heteroatoms. The molecule has 0 unspecified atom stereocenters. The number of hydrogen-bond acceptors (Lipinski definition) is 2. The lowest BCUT2D eigenvalue weighted by atomic mass is 9.97. The number of urea groups is 1. The van der Waals surface area contributed by atoms with Gasteiger partial charge in [0, 0.05) is 19.6 Å². The second-order valence-corrected chi connectivity index (χ2v) is 6.42. The Morgan fingerprint density at radius 2 is 1.74 bits per heavy atom. The summed E-state index contributed by atoms with van der Waals surface area (Å²) in [6, 6.07) is 8.32. The van der Waals surface area contributed by atoms with Crippen LogP contribution in [-0.4, -0.2) is 30.6 Å². The third-order valence-corrected chi connectivity index (χ3v) is 4.43. The van der Waals surface area contributed by atoms with Crippen molar-refractivity contribution >= 4 is 6.03 Å². The lowest BCUT2D eigenvalue weighted by Gasteiger charge is -2.25. The van der Waals surface area contributed by atoms with E-state index in [1.54, 1.807) is 4.90 Å². The van der Waals surface area contributed by atoms with Crippen LogP contribution in [0.1, 0.15) is 57.4 Å². The summed E-state index contributed by atoms with van der Waals surface area (Å²) in [5.41, 5.74) is 1.11. The molecule has 2 amide bonds. The van der Waals surface area contributed by atoms with Crippen molar-refractivity contribution in [3.8, 4) is 5.75 Å². The van der Waals surface area contributed by atoms with Gasteiger partial charge in [0.15, 0.2) is 0 Å². The third kappa shape index (κ3) is 6.12. The first-order valence-corrected chi connectivity index (χ1v) is 8.92. The summed E-state index contributed by atoms with van der Waals surface area (Å²) in [4.78, 5) is 14.1. The van der Waals surface area contributed by atoms with Crippen LogP contribution >= 0.6 is 0 Å². The third-order valence-electron chi connectivity index (χ3n) is 4.43. The largest absolute Gasteiger partial charge is 0.494 e. The van der Waals surface area contributed by atoms with Gasteiger partial charge in [-0.1, -0.05) is 44.2 Å². The minimum atomic E-state index is 0.0319. The van der Waals surface area contributed by atoms with Gasteiger partial charge in [-0.2, -0.15) is 0 Å². The summed E-state index contributed by atoms with van der Waals surface area (Å²) >= 11 is 0. The fourth-order valence-corrected chi connectivity index (χ4v) is 3.09. The highest BCUT2D eigenvalue weighted by molar-refractivity contribution is 5.74. The molecule has 1 aliphatic rings. The molecule has 0 atom stereocenters. The van der Waals surface area contributed by atoms with Crippen LogP contribution in [0, 0.1) is 0 Å². The van der Waals surface area contributed by atoms with E-state index >= 15 is 0 Å². The molecule has 1 fully saturated rings. The molecular weight excluding hydrogens is 288 g/mol. The molecule has 0 heterocycles. The summed E-state index contributed by atoms with van der Waals surface area (Å²) in [6.07, 6.45) is 8.63. The first-order valence-electron chi connectivity index (χ1n) is 8.92. The Morgan fingerprint density at radius 3 is 2.35 bits per heavy atom. The molecule has 1 aromatic rings. The van der Waals surface area contributed by atoms with Crippen molar-refractivity contribution in [1.82, 2.24) is 10.2 Å². The lowest BCUT2D eigenvalue weighted by Crippen LogP contribution is -2.43. The molecule has 0 saturated heterocycles. The number of amides is 2. The minimum absolute atomic E-state index is 0.0319. The van der Waals surface area contributed by atoms with Crippen molar-refractivity contribution in [2.24, 2.45) is 0 Å². The molecule has 0 radical (unpaired) electrons. The number of ether oxygens (including phenoxy) is 1. The zero-order valence-electron chi connectivity index (χ0n) is 14.5. The smallest absolute Gasteiger partial charge is 0.317 e. The molecule has 23 heavy (non-hydrogen) atoms. The number of benzene rings is 1. The molecule has 1 aromatic carbocycles. The van der Waals surface area contributed by atoms with Crippen molar-refractivity contribution < 1.29 is 9.53 Å². The SMILES string of the molecule is CCOc1ccc(CN(C)C(=O)NC2CCCCCCC2)cc1. The molecule has 4 nitrogen and oxygen atoms in total. The van der Waals surface area contributed by atoms with Crippen LogP contribution in [0.3, 0.4) is 0 Å². The minimum Gasteiger partial charge on any atom is -0.494 e. The predicted octanol–water partition coefficient (Wildman–Crippen LogP) is 4.34. The zero-order valence-corrected chi connectivity index (χ0v) is 14.5. The van der Waals surface area contributed by atoms with Crippen molar-refractivity contribution in [2.45, 2.75) is 64.5 Å². The van der Waals surface area contributed by atoms with Gasteiger partial charge < -0.3 is 15.0 Å². The van der Waals surface area contributed by atoms with Crippen molar-refractivity contribution in [3.63, 3.8) is 0 Å². The summed E-state index contributed by atoms with van der Waals surface area (Å²) in [5.74, 6) is 0.873. The summed E-state index contributed by atoms with van der Waals surface area (Å²) in [5, 5.41) is 3.20. The molecule has 0 spiro atoms. The van der Waals surface area contributed by atoms with Crippen LogP contribution < -0.4 is 10.1 Å². The molecule has 2 rings (SSSR count). The Balaban J connectivity index is 1.81. The van der Waals surface area contributed by atoms with Crippen molar-refractivity contribution in [2.75, 3.05) is 13.7 Å². The number of hydrogen-bond donors (Lipinski definition) is 1. The molecule has 1 aliphatic carbocycles. The Labute approximate surface area is 140 Å². The molecule has 0 aromatic heterocycles. The van der Waals surface area contributed by atoms with Crippen molar-refractivity contribution in [3.05, 3.63) is 29.8 Å². The van der Waals surface area contributed by atoms with E-state index in [1.165, 1.54) is 32.1 Å². The normalized spacial score (nSPS) is 16.3. The highest BCUT2D eigenvalue weighted by atomic mass is 16.5.